The van der Waals surface area contributed by atoms with Crippen molar-refractivity contribution in [2.45, 2.75) is 20.8 Å². The number of aliphatic carboxylic acids is 1. The Morgan fingerprint density at radius 1 is 1.29 bits per heavy atom. The molecule has 0 heterocycles. The van der Waals surface area contributed by atoms with Crippen molar-refractivity contribution >= 4 is 17.6 Å². The lowest BCUT2D eigenvalue weighted by molar-refractivity contribution is -0.131. The van der Waals surface area contributed by atoms with E-state index in [4.69, 9.17) is 5.11 Å². The molecule has 0 saturated heterocycles. The summed E-state index contributed by atoms with van der Waals surface area (Å²) in [5, 5.41) is 11.2. The molecule has 1 aromatic rings. The number of aryl methyl sites for hydroxylation is 1. The predicted molar refractivity (Wildman–Crippen MR) is 65.9 cm³/mol. The van der Waals surface area contributed by atoms with Crippen molar-refractivity contribution in [1.29, 1.82) is 0 Å². The summed E-state index contributed by atoms with van der Waals surface area (Å²) in [6.07, 6.45) is 0.889. The van der Waals surface area contributed by atoms with Gasteiger partial charge in [0, 0.05) is 17.3 Å². The van der Waals surface area contributed by atoms with E-state index in [2.05, 4.69) is 5.32 Å². The van der Waals surface area contributed by atoms with Gasteiger partial charge in [0.15, 0.2) is 0 Å². The number of nitrogens with one attached hydrogen (secondary N) is 1. The molecule has 0 unspecified atom stereocenters. The third-order valence-corrected chi connectivity index (χ3v) is 2.55. The Kier molecular flexibility index (Phi) is 4.04. The molecule has 0 spiro atoms. The Balaban J connectivity index is 2.89. The summed E-state index contributed by atoms with van der Waals surface area (Å²) in [5.74, 6) is -1.53. The molecular formula is C13H15NO3. The monoisotopic (exact) mass is 233 g/mol. The zero-order valence-corrected chi connectivity index (χ0v) is 10.1. The van der Waals surface area contributed by atoms with Gasteiger partial charge in [-0.2, -0.15) is 0 Å². The highest BCUT2D eigenvalue weighted by molar-refractivity contribution is 6.06. The molecule has 0 fully saturated rings. The lowest BCUT2D eigenvalue weighted by Crippen LogP contribution is -2.14. The van der Waals surface area contributed by atoms with Gasteiger partial charge in [-0.15, -0.1) is 0 Å². The van der Waals surface area contributed by atoms with Crippen molar-refractivity contribution < 1.29 is 14.7 Å². The highest BCUT2D eigenvalue weighted by atomic mass is 16.4. The van der Waals surface area contributed by atoms with E-state index in [1.165, 1.54) is 6.92 Å². The van der Waals surface area contributed by atoms with Crippen LogP contribution in [-0.2, 0) is 9.59 Å². The molecule has 1 aromatic carbocycles. The highest BCUT2D eigenvalue weighted by Crippen LogP contribution is 2.18. The minimum absolute atomic E-state index is 0.165. The molecule has 90 valence electrons. The number of carbonyl (C=O) groups is 2. The molecule has 1 amide bonds. The summed E-state index contributed by atoms with van der Waals surface area (Å²) >= 11 is 0. The molecule has 0 atom stereocenters. The average Bonchev–Trinajstić information content (AvgIpc) is 2.23. The average molecular weight is 233 g/mol. The fraction of sp³-hybridized carbons (Fsp3) is 0.231. The van der Waals surface area contributed by atoms with Crippen LogP contribution in [0.15, 0.2) is 29.8 Å². The van der Waals surface area contributed by atoms with Gasteiger partial charge in [-0.25, -0.2) is 4.79 Å². The largest absolute Gasteiger partial charge is 0.478 e. The lowest BCUT2D eigenvalue weighted by atomic mass is 10.1. The smallest absolute Gasteiger partial charge is 0.328 e. The number of carbonyl (C=O) groups excluding carboxylic acids is 1. The first-order valence-electron chi connectivity index (χ1n) is 5.20. The van der Waals surface area contributed by atoms with E-state index < -0.39 is 11.9 Å². The maximum Gasteiger partial charge on any atom is 0.328 e. The quantitative estimate of drug-likeness (QED) is 0.787. The maximum atomic E-state index is 11.7. The van der Waals surface area contributed by atoms with E-state index >= 15 is 0 Å². The van der Waals surface area contributed by atoms with Gasteiger partial charge < -0.3 is 10.4 Å². The number of carboxylic acids is 1. The number of carboxylic acid groups (broad SMARTS) is 1. The number of hydrogen-bond donors (Lipinski definition) is 2. The molecule has 0 saturated carbocycles. The first kappa shape index (κ1) is 13.0. The molecule has 0 aromatic heterocycles. The normalized spacial score (nSPS) is 11.1. The van der Waals surface area contributed by atoms with Crippen molar-refractivity contribution in [3.8, 4) is 0 Å². The SMILES string of the molecule is C/C(=C\C(=O)O)C(=O)Nc1cccc(C)c1C. The molecule has 0 aliphatic carbocycles. The third kappa shape index (κ3) is 3.45. The zero-order valence-electron chi connectivity index (χ0n) is 10.1. The van der Waals surface area contributed by atoms with Crippen LogP contribution in [0.5, 0.6) is 0 Å². The maximum absolute atomic E-state index is 11.7. The summed E-state index contributed by atoms with van der Waals surface area (Å²) in [6, 6.07) is 5.58. The van der Waals surface area contributed by atoms with E-state index in [0.29, 0.717) is 5.69 Å². The molecule has 0 aliphatic rings. The van der Waals surface area contributed by atoms with Gasteiger partial charge >= 0.3 is 5.97 Å². The van der Waals surface area contributed by atoms with Crippen molar-refractivity contribution in [1.82, 2.24) is 0 Å². The molecule has 0 aliphatic heterocycles. The Bertz CT molecular complexity index is 489. The van der Waals surface area contributed by atoms with Crippen LogP contribution in [-0.4, -0.2) is 17.0 Å². The van der Waals surface area contributed by atoms with Crippen LogP contribution in [0, 0.1) is 13.8 Å². The van der Waals surface area contributed by atoms with E-state index in [0.717, 1.165) is 17.2 Å². The van der Waals surface area contributed by atoms with Crippen molar-refractivity contribution in [2.24, 2.45) is 0 Å². The molecular weight excluding hydrogens is 218 g/mol. The standard InChI is InChI=1S/C13H15NO3/c1-8-5-4-6-11(10(8)3)14-13(17)9(2)7-12(15)16/h4-7H,1-3H3,(H,14,17)(H,15,16)/b9-7+. The highest BCUT2D eigenvalue weighted by Gasteiger charge is 2.08. The van der Waals surface area contributed by atoms with Gasteiger partial charge in [-0.3, -0.25) is 4.79 Å². The molecule has 0 radical (unpaired) electrons. The Labute approximate surface area is 100.0 Å². The first-order valence-corrected chi connectivity index (χ1v) is 5.20. The Hall–Kier alpha value is -2.10. The fourth-order valence-corrected chi connectivity index (χ4v) is 1.36. The van der Waals surface area contributed by atoms with Crippen LogP contribution in [0.25, 0.3) is 0 Å². The Morgan fingerprint density at radius 3 is 2.53 bits per heavy atom. The third-order valence-electron chi connectivity index (χ3n) is 2.55. The molecule has 4 nitrogen and oxygen atoms in total. The van der Waals surface area contributed by atoms with E-state index in [-0.39, 0.29) is 5.57 Å². The summed E-state index contributed by atoms with van der Waals surface area (Å²) in [4.78, 5) is 22.1. The van der Waals surface area contributed by atoms with Crippen LogP contribution in [0.3, 0.4) is 0 Å². The van der Waals surface area contributed by atoms with Gasteiger partial charge in [0.1, 0.15) is 0 Å². The molecule has 17 heavy (non-hydrogen) atoms. The second kappa shape index (κ2) is 5.30. The van der Waals surface area contributed by atoms with E-state index in [1.807, 2.05) is 26.0 Å². The van der Waals surface area contributed by atoms with E-state index in [9.17, 15) is 9.59 Å². The zero-order chi connectivity index (χ0) is 13.0. The number of hydrogen-bond acceptors (Lipinski definition) is 2. The van der Waals surface area contributed by atoms with Gasteiger partial charge in [0.05, 0.1) is 0 Å². The van der Waals surface area contributed by atoms with Crippen LogP contribution in [0.4, 0.5) is 5.69 Å². The van der Waals surface area contributed by atoms with Crippen LogP contribution in [0.1, 0.15) is 18.1 Å². The van der Waals surface area contributed by atoms with Crippen LogP contribution < -0.4 is 5.32 Å². The fourth-order valence-electron chi connectivity index (χ4n) is 1.36. The number of benzene rings is 1. The predicted octanol–water partition coefficient (Wildman–Crippen LogP) is 2.27. The summed E-state index contributed by atoms with van der Waals surface area (Å²) in [6.45, 7) is 5.32. The summed E-state index contributed by atoms with van der Waals surface area (Å²) in [5.41, 5.74) is 2.91. The van der Waals surface area contributed by atoms with Gasteiger partial charge in [-0.05, 0) is 38.0 Å². The molecule has 1 rings (SSSR count). The summed E-state index contributed by atoms with van der Waals surface area (Å²) in [7, 11) is 0. The van der Waals surface area contributed by atoms with Crippen molar-refractivity contribution in [3.05, 3.63) is 41.0 Å². The topological polar surface area (TPSA) is 66.4 Å². The van der Waals surface area contributed by atoms with Crippen molar-refractivity contribution in [2.75, 3.05) is 5.32 Å². The minimum Gasteiger partial charge on any atom is -0.478 e. The number of rotatable bonds is 3. The van der Waals surface area contributed by atoms with Gasteiger partial charge in [0.2, 0.25) is 0 Å². The lowest BCUT2D eigenvalue weighted by Gasteiger charge is -2.10. The van der Waals surface area contributed by atoms with Crippen molar-refractivity contribution in [3.63, 3.8) is 0 Å². The molecule has 2 N–H and O–H groups in total. The second-order valence-corrected chi connectivity index (χ2v) is 3.87. The molecule has 0 bridgehead atoms. The number of anilines is 1. The first-order chi connectivity index (χ1) is 7.91. The van der Waals surface area contributed by atoms with Crippen LogP contribution >= 0.6 is 0 Å². The van der Waals surface area contributed by atoms with Gasteiger partial charge in [0.25, 0.3) is 5.91 Å². The Morgan fingerprint density at radius 2 is 1.94 bits per heavy atom. The second-order valence-electron chi connectivity index (χ2n) is 3.87. The van der Waals surface area contributed by atoms with Gasteiger partial charge in [-0.1, -0.05) is 12.1 Å². The minimum atomic E-state index is -1.13. The molecule has 4 heteroatoms. The summed E-state index contributed by atoms with van der Waals surface area (Å²) < 4.78 is 0. The number of amides is 1. The van der Waals surface area contributed by atoms with Crippen LogP contribution in [0.2, 0.25) is 0 Å². The van der Waals surface area contributed by atoms with E-state index in [1.54, 1.807) is 6.07 Å².